The summed E-state index contributed by atoms with van der Waals surface area (Å²) in [6, 6.07) is -0.868. The van der Waals surface area contributed by atoms with E-state index in [2.05, 4.69) is 0 Å². The molecule has 58 valence electrons. The number of carbonyl (C=O) groups excluding carboxylic acids is 1. The van der Waals surface area contributed by atoms with Crippen LogP contribution in [0.4, 0.5) is 0 Å². The molecule has 4 nitrogen and oxygen atoms in total. The fourth-order valence-electron chi connectivity index (χ4n) is 0.423. The number of hydrogen-bond acceptors (Lipinski definition) is 4. The van der Waals surface area contributed by atoms with Gasteiger partial charge in [0.2, 0.25) is 5.12 Å². The summed E-state index contributed by atoms with van der Waals surface area (Å²) in [6.45, 7) is 0. The molecule has 0 rings (SSSR count). The van der Waals surface area contributed by atoms with Gasteiger partial charge in [0.15, 0.2) is 0 Å². The number of carboxylic acids is 1. The quantitative estimate of drug-likeness (QED) is 0.596. The first-order valence-corrected chi connectivity index (χ1v) is 3.85. The van der Waals surface area contributed by atoms with Crippen LogP contribution in [0.15, 0.2) is 0 Å². The first kappa shape index (κ1) is 9.45. The van der Waals surface area contributed by atoms with Crippen LogP contribution in [0.25, 0.3) is 0 Å². The first-order chi connectivity index (χ1) is 4.57. The van der Waals surface area contributed by atoms with Crippen molar-refractivity contribution in [1.29, 1.82) is 0 Å². The average Bonchev–Trinajstić information content (AvgIpc) is 1.85. The van der Waals surface area contributed by atoms with E-state index >= 15 is 0 Å². The second-order valence-electron chi connectivity index (χ2n) is 1.73. The van der Waals surface area contributed by atoms with Crippen LogP contribution in [0, 0.1) is 0 Å². The van der Waals surface area contributed by atoms with E-state index in [4.69, 9.17) is 10.8 Å². The van der Waals surface area contributed by atoms with E-state index < -0.39 is 12.0 Å². The van der Waals surface area contributed by atoms with Crippen LogP contribution in [0.3, 0.4) is 0 Å². The molecule has 1 unspecified atom stereocenters. The van der Waals surface area contributed by atoms with E-state index in [9.17, 15) is 9.59 Å². The molecule has 3 N–H and O–H groups in total. The third kappa shape index (κ3) is 3.47. The predicted molar refractivity (Wildman–Crippen MR) is 38.8 cm³/mol. The fourth-order valence-corrected chi connectivity index (χ4v) is 0.809. The van der Waals surface area contributed by atoms with Gasteiger partial charge < -0.3 is 10.8 Å². The van der Waals surface area contributed by atoms with E-state index in [1.807, 2.05) is 0 Å². The van der Waals surface area contributed by atoms with Crippen LogP contribution < -0.4 is 5.73 Å². The summed E-state index contributed by atoms with van der Waals surface area (Å²) in [4.78, 5) is 20.6. The largest absolute Gasteiger partial charge is 0.481 e. The topological polar surface area (TPSA) is 80.4 Å². The maximum Gasteiger partial charge on any atom is 0.305 e. The molecular formula is C5H9NO3S. The van der Waals surface area contributed by atoms with Gasteiger partial charge in [0.1, 0.15) is 0 Å². The van der Waals surface area contributed by atoms with Gasteiger partial charge in [0, 0.05) is 0 Å². The Morgan fingerprint density at radius 1 is 1.70 bits per heavy atom. The summed E-state index contributed by atoms with van der Waals surface area (Å²) < 4.78 is 0. The van der Waals surface area contributed by atoms with Crippen LogP contribution in [0.2, 0.25) is 0 Å². The highest BCUT2D eigenvalue weighted by molar-refractivity contribution is 8.13. The summed E-state index contributed by atoms with van der Waals surface area (Å²) in [5, 5.41) is 7.90. The van der Waals surface area contributed by atoms with E-state index in [1.54, 1.807) is 6.26 Å². The monoisotopic (exact) mass is 163 g/mol. The second kappa shape index (κ2) is 4.29. The SMILES string of the molecule is CSC(=O)C(N)CC(=O)O. The highest BCUT2D eigenvalue weighted by Crippen LogP contribution is 2.01. The molecule has 0 aliphatic rings. The lowest BCUT2D eigenvalue weighted by Crippen LogP contribution is -2.30. The maximum atomic E-state index is 10.6. The lowest BCUT2D eigenvalue weighted by atomic mass is 10.2. The molecular weight excluding hydrogens is 154 g/mol. The van der Waals surface area contributed by atoms with Crippen molar-refractivity contribution >= 4 is 22.8 Å². The van der Waals surface area contributed by atoms with Gasteiger partial charge in [0.05, 0.1) is 12.5 Å². The maximum absolute atomic E-state index is 10.6. The average molecular weight is 163 g/mol. The first-order valence-electron chi connectivity index (χ1n) is 2.63. The molecule has 0 aromatic rings. The van der Waals surface area contributed by atoms with Gasteiger partial charge >= 0.3 is 5.97 Å². The highest BCUT2D eigenvalue weighted by Gasteiger charge is 2.14. The van der Waals surface area contributed by atoms with Crippen molar-refractivity contribution in [2.45, 2.75) is 12.5 Å². The lowest BCUT2D eigenvalue weighted by Gasteiger charge is -2.02. The van der Waals surface area contributed by atoms with E-state index in [0.717, 1.165) is 11.8 Å². The van der Waals surface area contributed by atoms with Gasteiger partial charge in [0.25, 0.3) is 0 Å². The number of hydrogen-bond donors (Lipinski definition) is 2. The van der Waals surface area contributed by atoms with Gasteiger partial charge in [-0.25, -0.2) is 0 Å². The van der Waals surface area contributed by atoms with Crippen molar-refractivity contribution in [1.82, 2.24) is 0 Å². The zero-order chi connectivity index (χ0) is 8.15. The zero-order valence-electron chi connectivity index (χ0n) is 5.53. The summed E-state index contributed by atoms with van der Waals surface area (Å²) in [7, 11) is 0. The van der Waals surface area contributed by atoms with Crippen LogP contribution in [0.1, 0.15) is 6.42 Å². The summed E-state index contributed by atoms with van der Waals surface area (Å²) in [5.41, 5.74) is 5.18. The number of carboxylic acid groups (broad SMARTS) is 1. The minimum Gasteiger partial charge on any atom is -0.481 e. The van der Waals surface area contributed by atoms with Gasteiger partial charge in [-0.05, 0) is 6.26 Å². The standard InChI is InChI=1S/C5H9NO3S/c1-10-5(9)3(6)2-4(7)8/h3H,2,6H2,1H3,(H,7,8). The Labute approximate surface area is 62.8 Å². The van der Waals surface area contributed by atoms with Crippen molar-refractivity contribution in [3.05, 3.63) is 0 Å². The van der Waals surface area contributed by atoms with Gasteiger partial charge in [-0.2, -0.15) is 0 Å². The fraction of sp³-hybridized carbons (Fsp3) is 0.600. The number of thioether (sulfide) groups is 1. The molecule has 0 aliphatic heterocycles. The van der Waals surface area contributed by atoms with E-state index in [1.165, 1.54) is 0 Å². The third-order valence-corrected chi connectivity index (χ3v) is 1.60. The third-order valence-electron chi connectivity index (χ3n) is 0.898. The van der Waals surface area contributed by atoms with Crippen LogP contribution in [-0.2, 0) is 9.59 Å². The molecule has 0 aromatic heterocycles. The van der Waals surface area contributed by atoms with E-state index in [-0.39, 0.29) is 11.5 Å². The Kier molecular flexibility index (Phi) is 4.06. The van der Waals surface area contributed by atoms with Crippen molar-refractivity contribution in [3.8, 4) is 0 Å². The van der Waals surface area contributed by atoms with Gasteiger partial charge in [-0.1, -0.05) is 11.8 Å². The molecule has 0 spiro atoms. The highest BCUT2D eigenvalue weighted by atomic mass is 32.2. The minimum atomic E-state index is -1.05. The smallest absolute Gasteiger partial charge is 0.305 e. The summed E-state index contributed by atoms with van der Waals surface area (Å²) >= 11 is 0.948. The normalized spacial score (nSPS) is 12.6. The molecule has 1 atom stereocenters. The van der Waals surface area contributed by atoms with Gasteiger partial charge in [-0.3, -0.25) is 9.59 Å². The zero-order valence-corrected chi connectivity index (χ0v) is 6.35. The molecule has 0 saturated carbocycles. The Morgan fingerprint density at radius 3 is 2.50 bits per heavy atom. The Bertz CT molecular complexity index is 148. The number of carbonyl (C=O) groups is 2. The lowest BCUT2D eigenvalue weighted by molar-refractivity contribution is -0.138. The Hall–Kier alpha value is -0.550. The molecule has 0 heterocycles. The van der Waals surface area contributed by atoms with Crippen molar-refractivity contribution < 1.29 is 14.7 Å². The van der Waals surface area contributed by atoms with Crippen molar-refractivity contribution in [2.75, 3.05) is 6.26 Å². The Morgan fingerprint density at radius 2 is 2.20 bits per heavy atom. The van der Waals surface area contributed by atoms with Crippen LogP contribution >= 0.6 is 11.8 Å². The molecule has 5 heteroatoms. The van der Waals surface area contributed by atoms with Crippen molar-refractivity contribution in [3.63, 3.8) is 0 Å². The molecule has 0 fully saturated rings. The van der Waals surface area contributed by atoms with Gasteiger partial charge in [-0.15, -0.1) is 0 Å². The molecule has 0 aliphatic carbocycles. The molecule has 0 radical (unpaired) electrons. The molecule has 0 aromatic carbocycles. The van der Waals surface area contributed by atoms with E-state index in [0.29, 0.717) is 0 Å². The number of rotatable bonds is 3. The minimum absolute atomic E-state index is 0.289. The number of aliphatic carboxylic acids is 1. The molecule has 0 saturated heterocycles. The molecule has 10 heavy (non-hydrogen) atoms. The van der Waals surface area contributed by atoms with Crippen molar-refractivity contribution in [2.24, 2.45) is 5.73 Å². The Balaban J connectivity index is 3.72. The van der Waals surface area contributed by atoms with Crippen LogP contribution in [0.5, 0.6) is 0 Å². The molecule has 0 bridgehead atoms. The summed E-state index contributed by atoms with van der Waals surface area (Å²) in [5.74, 6) is -1.05. The number of nitrogens with two attached hydrogens (primary N) is 1. The predicted octanol–water partition coefficient (Wildman–Crippen LogP) is -0.322. The summed E-state index contributed by atoms with van der Waals surface area (Å²) in [6.07, 6.45) is 1.28. The second-order valence-corrected chi connectivity index (χ2v) is 2.54. The molecule has 0 amide bonds. The van der Waals surface area contributed by atoms with Crippen LogP contribution in [-0.4, -0.2) is 28.5 Å².